The van der Waals surface area contributed by atoms with Crippen LogP contribution in [0.25, 0.3) is 11.2 Å². The molecule has 2 aromatic heterocycles. The number of carbonyl (C=O) groups is 2. The van der Waals surface area contributed by atoms with E-state index in [1.54, 1.807) is 35.4 Å². The zero-order chi connectivity index (χ0) is 21.4. The fraction of sp³-hybridized carbons (Fsp3) is 0.391. The smallest absolute Gasteiger partial charge is 0.254 e. The van der Waals surface area contributed by atoms with Gasteiger partial charge in [-0.05, 0) is 62.1 Å². The minimum Gasteiger partial charge on any atom is -0.341 e. The third-order valence-corrected chi connectivity index (χ3v) is 6.61. The van der Waals surface area contributed by atoms with Crippen molar-refractivity contribution in [3.8, 4) is 0 Å². The molecule has 31 heavy (non-hydrogen) atoms. The van der Waals surface area contributed by atoms with Gasteiger partial charge in [0.1, 0.15) is 11.9 Å². The van der Waals surface area contributed by atoms with Crippen molar-refractivity contribution in [2.75, 3.05) is 19.6 Å². The van der Waals surface area contributed by atoms with Crippen LogP contribution in [0.4, 0.5) is 0 Å². The van der Waals surface area contributed by atoms with Crippen molar-refractivity contribution in [1.82, 2.24) is 24.8 Å². The number of nitrogens with zero attached hydrogens (tertiary/aromatic N) is 4. The van der Waals surface area contributed by atoms with E-state index in [9.17, 15) is 9.59 Å². The number of fused-ring (bicyclic) bond motifs is 1. The quantitative estimate of drug-likeness (QED) is 0.678. The number of benzene rings is 1. The molecule has 2 saturated heterocycles. The Balaban J connectivity index is 1.24. The molecule has 0 spiro atoms. The van der Waals surface area contributed by atoms with Crippen LogP contribution < -0.4 is 0 Å². The maximum Gasteiger partial charge on any atom is 0.254 e. The lowest BCUT2D eigenvalue weighted by atomic mass is 9.95. The van der Waals surface area contributed by atoms with Crippen LogP contribution >= 0.6 is 11.6 Å². The van der Waals surface area contributed by atoms with Crippen LogP contribution in [0.5, 0.6) is 0 Å². The molecule has 5 rings (SSSR count). The molecule has 160 valence electrons. The molecular formula is C23H24ClN5O2. The molecule has 2 aliphatic rings. The number of hydrogen-bond acceptors (Lipinski definition) is 4. The van der Waals surface area contributed by atoms with Crippen LogP contribution in [0.1, 0.15) is 47.8 Å². The maximum absolute atomic E-state index is 13.3. The second-order valence-corrected chi connectivity index (χ2v) is 8.70. The number of carbonyl (C=O) groups excluding carboxylic acids is 2. The van der Waals surface area contributed by atoms with E-state index in [0.717, 1.165) is 36.3 Å². The van der Waals surface area contributed by atoms with E-state index in [1.165, 1.54) is 0 Å². The van der Waals surface area contributed by atoms with Crippen molar-refractivity contribution in [3.63, 3.8) is 0 Å². The van der Waals surface area contributed by atoms with Crippen molar-refractivity contribution in [2.45, 2.75) is 37.6 Å². The molecule has 3 aromatic rings. The number of likely N-dealkylation sites (tertiary alicyclic amines) is 2. The number of pyridine rings is 1. The van der Waals surface area contributed by atoms with Crippen LogP contribution in [-0.4, -0.2) is 62.2 Å². The Hall–Kier alpha value is -2.93. The summed E-state index contributed by atoms with van der Waals surface area (Å²) < 4.78 is 0. The van der Waals surface area contributed by atoms with E-state index in [1.807, 2.05) is 17.0 Å². The summed E-state index contributed by atoms with van der Waals surface area (Å²) in [5.74, 6) is 1.19. The van der Waals surface area contributed by atoms with Gasteiger partial charge in [0.2, 0.25) is 5.91 Å². The van der Waals surface area contributed by atoms with Gasteiger partial charge < -0.3 is 14.8 Å². The first-order chi connectivity index (χ1) is 15.1. The Morgan fingerprint density at radius 2 is 1.81 bits per heavy atom. The Labute approximate surface area is 185 Å². The number of aromatic amines is 1. The molecule has 1 aromatic carbocycles. The second-order valence-electron chi connectivity index (χ2n) is 8.26. The zero-order valence-corrected chi connectivity index (χ0v) is 17.9. The third-order valence-electron chi connectivity index (χ3n) is 6.36. The lowest BCUT2D eigenvalue weighted by Crippen LogP contribution is -2.49. The van der Waals surface area contributed by atoms with Crippen LogP contribution in [0, 0.1) is 0 Å². The first-order valence-electron chi connectivity index (χ1n) is 10.8. The van der Waals surface area contributed by atoms with Crippen LogP contribution in [0.2, 0.25) is 5.02 Å². The number of H-pyrrole nitrogens is 1. The summed E-state index contributed by atoms with van der Waals surface area (Å²) in [6.45, 7) is 1.96. The summed E-state index contributed by atoms with van der Waals surface area (Å²) in [5, 5.41) is 0.591. The minimum absolute atomic E-state index is 0.0598. The summed E-state index contributed by atoms with van der Waals surface area (Å²) >= 11 is 5.94. The van der Waals surface area contributed by atoms with E-state index in [2.05, 4.69) is 15.0 Å². The Morgan fingerprint density at radius 3 is 2.55 bits per heavy atom. The predicted octanol–water partition coefficient (Wildman–Crippen LogP) is 3.62. The summed E-state index contributed by atoms with van der Waals surface area (Å²) in [5.41, 5.74) is 2.25. The van der Waals surface area contributed by atoms with Gasteiger partial charge in [-0.25, -0.2) is 9.97 Å². The van der Waals surface area contributed by atoms with E-state index in [0.29, 0.717) is 36.6 Å². The predicted molar refractivity (Wildman–Crippen MR) is 118 cm³/mol. The van der Waals surface area contributed by atoms with E-state index < -0.39 is 0 Å². The molecule has 4 heterocycles. The highest BCUT2D eigenvalue weighted by atomic mass is 35.5. The number of rotatable bonds is 3. The number of imidazole rings is 1. The minimum atomic E-state index is -0.380. The van der Waals surface area contributed by atoms with Gasteiger partial charge in [0.25, 0.3) is 5.91 Å². The molecule has 1 atom stereocenters. The lowest BCUT2D eigenvalue weighted by Gasteiger charge is -2.35. The summed E-state index contributed by atoms with van der Waals surface area (Å²) in [6.07, 6.45) is 5.01. The molecule has 7 nitrogen and oxygen atoms in total. The number of hydrogen-bond donors (Lipinski definition) is 1. The lowest BCUT2D eigenvalue weighted by molar-refractivity contribution is -0.136. The molecule has 2 fully saturated rings. The molecule has 1 unspecified atom stereocenters. The zero-order valence-electron chi connectivity index (χ0n) is 17.1. The third kappa shape index (κ3) is 3.90. The SMILES string of the molecule is O=C(C1CCCN1C(=O)c1ccc(Cl)cc1)N1CCC(c2nc3ncccc3[nH]2)CC1. The highest BCUT2D eigenvalue weighted by molar-refractivity contribution is 6.30. The largest absolute Gasteiger partial charge is 0.341 e. The molecular weight excluding hydrogens is 414 g/mol. The highest BCUT2D eigenvalue weighted by Gasteiger charge is 2.38. The number of aromatic nitrogens is 3. The standard InChI is InChI=1S/C23H24ClN5O2/c24-17-7-5-16(6-8-17)22(30)29-12-2-4-19(29)23(31)28-13-9-15(10-14-28)20-26-18-3-1-11-25-21(18)27-20/h1,3,5-8,11,15,19H,2,4,9-10,12-14H2,(H,25,26,27). The molecule has 1 N–H and O–H groups in total. The monoisotopic (exact) mass is 437 g/mol. The average Bonchev–Trinajstić information content (AvgIpc) is 3.46. The Bertz CT molecular complexity index is 1070. The fourth-order valence-corrected chi connectivity index (χ4v) is 4.79. The normalized spacial score (nSPS) is 19.8. The van der Waals surface area contributed by atoms with Gasteiger partial charge in [0.05, 0.1) is 5.52 Å². The first-order valence-corrected chi connectivity index (χ1v) is 11.1. The number of piperidine rings is 1. The fourth-order valence-electron chi connectivity index (χ4n) is 4.67. The van der Waals surface area contributed by atoms with Crippen molar-refractivity contribution in [2.24, 2.45) is 0 Å². The number of halogens is 1. The van der Waals surface area contributed by atoms with Crippen LogP contribution in [-0.2, 0) is 4.79 Å². The van der Waals surface area contributed by atoms with E-state index >= 15 is 0 Å². The highest BCUT2D eigenvalue weighted by Crippen LogP contribution is 2.29. The summed E-state index contributed by atoms with van der Waals surface area (Å²) in [6, 6.07) is 10.3. The Morgan fingerprint density at radius 1 is 1.03 bits per heavy atom. The summed E-state index contributed by atoms with van der Waals surface area (Å²) in [4.78, 5) is 42.2. The molecule has 0 aliphatic carbocycles. The maximum atomic E-state index is 13.3. The number of nitrogens with one attached hydrogen (secondary N) is 1. The molecule has 8 heteroatoms. The first kappa shape index (κ1) is 20.0. The molecule has 2 amide bonds. The van der Waals surface area contributed by atoms with Gasteiger partial charge in [-0.3, -0.25) is 9.59 Å². The molecule has 0 saturated carbocycles. The van der Waals surface area contributed by atoms with Gasteiger partial charge in [0, 0.05) is 42.3 Å². The van der Waals surface area contributed by atoms with Gasteiger partial charge in [-0.15, -0.1) is 0 Å². The topological polar surface area (TPSA) is 82.2 Å². The second kappa shape index (κ2) is 8.30. The van der Waals surface area contributed by atoms with E-state index in [4.69, 9.17) is 11.6 Å². The van der Waals surface area contributed by atoms with Crippen molar-refractivity contribution >= 4 is 34.6 Å². The summed E-state index contributed by atoms with van der Waals surface area (Å²) in [7, 11) is 0. The van der Waals surface area contributed by atoms with Crippen molar-refractivity contribution in [3.05, 3.63) is 59.0 Å². The molecule has 0 bridgehead atoms. The van der Waals surface area contributed by atoms with Gasteiger partial charge in [-0.2, -0.15) is 0 Å². The molecule has 2 aliphatic heterocycles. The van der Waals surface area contributed by atoms with Crippen molar-refractivity contribution in [1.29, 1.82) is 0 Å². The van der Waals surface area contributed by atoms with Crippen molar-refractivity contribution < 1.29 is 9.59 Å². The van der Waals surface area contributed by atoms with Crippen LogP contribution in [0.15, 0.2) is 42.6 Å². The van der Waals surface area contributed by atoms with Gasteiger partial charge in [0.15, 0.2) is 5.65 Å². The van der Waals surface area contributed by atoms with Crippen LogP contribution in [0.3, 0.4) is 0 Å². The van der Waals surface area contributed by atoms with Gasteiger partial charge >= 0.3 is 0 Å². The number of amides is 2. The Kier molecular flexibility index (Phi) is 5.36. The van der Waals surface area contributed by atoms with E-state index in [-0.39, 0.29) is 23.8 Å². The van der Waals surface area contributed by atoms with Gasteiger partial charge in [-0.1, -0.05) is 11.6 Å². The molecule has 0 radical (unpaired) electrons. The average molecular weight is 438 g/mol.